The highest BCUT2D eigenvalue weighted by atomic mass is 14.7. The number of fused-ring (bicyclic) bond motifs is 1. The van der Waals surface area contributed by atoms with Crippen LogP contribution in [0, 0.1) is 0 Å². The van der Waals surface area contributed by atoms with Crippen LogP contribution in [0.4, 0.5) is 0 Å². The quantitative estimate of drug-likeness (QED) is 0.786. The van der Waals surface area contributed by atoms with Crippen molar-refractivity contribution in [1.82, 2.24) is 9.97 Å². The Kier molecular flexibility index (Phi) is 3.70. The first-order chi connectivity index (χ1) is 9.83. The molecule has 0 saturated carbocycles. The van der Waals surface area contributed by atoms with E-state index < -0.39 is 0 Å². The minimum atomic E-state index is 0.0366. The Labute approximate surface area is 118 Å². The SMILES string of the molecule is NC(CCc1ccncc1)c1ccc2cccnc2c1. The average molecular weight is 263 g/mol. The first-order valence-electron chi connectivity index (χ1n) is 6.82. The van der Waals surface area contributed by atoms with Crippen molar-refractivity contribution in [1.29, 1.82) is 0 Å². The molecule has 0 spiro atoms. The number of aromatic nitrogens is 2. The predicted octanol–water partition coefficient (Wildman–Crippen LogP) is 3.26. The van der Waals surface area contributed by atoms with Gasteiger partial charge in [-0.25, -0.2) is 0 Å². The van der Waals surface area contributed by atoms with Crippen molar-refractivity contribution < 1.29 is 0 Å². The molecule has 1 aromatic carbocycles. The fraction of sp³-hybridized carbons (Fsp3) is 0.176. The number of aryl methyl sites for hydroxylation is 1. The van der Waals surface area contributed by atoms with Gasteiger partial charge in [-0.3, -0.25) is 9.97 Å². The summed E-state index contributed by atoms with van der Waals surface area (Å²) in [4.78, 5) is 8.40. The van der Waals surface area contributed by atoms with E-state index in [0.717, 1.165) is 29.3 Å². The van der Waals surface area contributed by atoms with Crippen molar-refractivity contribution in [3.05, 3.63) is 72.2 Å². The second-order valence-electron chi connectivity index (χ2n) is 4.96. The minimum absolute atomic E-state index is 0.0366. The lowest BCUT2D eigenvalue weighted by atomic mass is 9.99. The van der Waals surface area contributed by atoms with E-state index in [-0.39, 0.29) is 6.04 Å². The van der Waals surface area contributed by atoms with Crippen molar-refractivity contribution >= 4 is 10.9 Å². The van der Waals surface area contributed by atoms with Crippen LogP contribution < -0.4 is 5.73 Å². The summed E-state index contributed by atoms with van der Waals surface area (Å²) in [5.74, 6) is 0. The fourth-order valence-corrected chi connectivity index (χ4v) is 2.35. The number of benzene rings is 1. The van der Waals surface area contributed by atoms with Crippen LogP contribution in [0.3, 0.4) is 0 Å². The van der Waals surface area contributed by atoms with E-state index in [1.54, 1.807) is 0 Å². The molecule has 0 aliphatic rings. The molecule has 0 bridgehead atoms. The normalized spacial score (nSPS) is 12.4. The van der Waals surface area contributed by atoms with E-state index in [0.29, 0.717) is 0 Å². The number of hydrogen-bond donors (Lipinski definition) is 1. The lowest BCUT2D eigenvalue weighted by Gasteiger charge is -2.12. The fourth-order valence-electron chi connectivity index (χ4n) is 2.35. The zero-order chi connectivity index (χ0) is 13.8. The number of rotatable bonds is 4. The van der Waals surface area contributed by atoms with Crippen LogP contribution in [0.15, 0.2) is 61.1 Å². The Balaban J connectivity index is 1.73. The monoisotopic (exact) mass is 263 g/mol. The summed E-state index contributed by atoms with van der Waals surface area (Å²) >= 11 is 0. The number of nitrogens with zero attached hydrogens (tertiary/aromatic N) is 2. The smallest absolute Gasteiger partial charge is 0.0705 e. The maximum Gasteiger partial charge on any atom is 0.0705 e. The van der Waals surface area contributed by atoms with Gasteiger partial charge in [-0.2, -0.15) is 0 Å². The van der Waals surface area contributed by atoms with Crippen LogP contribution in [-0.2, 0) is 6.42 Å². The van der Waals surface area contributed by atoms with Crippen molar-refractivity contribution in [2.24, 2.45) is 5.73 Å². The Morgan fingerprint density at radius 3 is 2.70 bits per heavy atom. The second-order valence-corrected chi connectivity index (χ2v) is 4.96. The van der Waals surface area contributed by atoms with Gasteiger partial charge in [0.05, 0.1) is 5.52 Å². The summed E-state index contributed by atoms with van der Waals surface area (Å²) in [7, 11) is 0. The molecule has 0 amide bonds. The van der Waals surface area contributed by atoms with E-state index in [2.05, 4.69) is 34.2 Å². The summed E-state index contributed by atoms with van der Waals surface area (Å²) in [5, 5.41) is 1.15. The molecule has 1 unspecified atom stereocenters. The lowest BCUT2D eigenvalue weighted by molar-refractivity contribution is 0.651. The molecular formula is C17H17N3. The van der Waals surface area contributed by atoms with Crippen LogP contribution in [0.5, 0.6) is 0 Å². The standard InChI is InChI=1S/C17H17N3/c18-16(6-3-13-7-10-19-11-8-13)15-5-4-14-2-1-9-20-17(14)12-15/h1-2,4-5,7-12,16H,3,6,18H2. The zero-order valence-electron chi connectivity index (χ0n) is 11.2. The van der Waals surface area contributed by atoms with Crippen molar-refractivity contribution in [3.63, 3.8) is 0 Å². The third-order valence-corrected chi connectivity index (χ3v) is 3.55. The van der Waals surface area contributed by atoms with Gasteiger partial charge >= 0.3 is 0 Å². The van der Waals surface area contributed by atoms with Gasteiger partial charge in [0.1, 0.15) is 0 Å². The number of pyridine rings is 2. The number of hydrogen-bond acceptors (Lipinski definition) is 3. The maximum atomic E-state index is 6.29. The van der Waals surface area contributed by atoms with Gasteiger partial charge in [-0.05, 0) is 48.2 Å². The van der Waals surface area contributed by atoms with E-state index in [4.69, 9.17) is 5.73 Å². The first-order valence-corrected chi connectivity index (χ1v) is 6.82. The summed E-state index contributed by atoms with van der Waals surface area (Å²) in [6.45, 7) is 0. The third-order valence-electron chi connectivity index (χ3n) is 3.55. The predicted molar refractivity (Wildman–Crippen MR) is 81.2 cm³/mol. The average Bonchev–Trinajstić information content (AvgIpc) is 2.53. The summed E-state index contributed by atoms with van der Waals surface area (Å²) < 4.78 is 0. The van der Waals surface area contributed by atoms with Crippen LogP contribution in [-0.4, -0.2) is 9.97 Å². The molecule has 2 N–H and O–H groups in total. The largest absolute Gasteiger partial charge is 0.324 e. The van der Waals surface area contributed by atoms with Crippen molar-refractivity contribution in [2.75, 3.05) is 0 Å². The number of nitrogens with two attached hydrogens (primary N) is 1. The van der Waals surface area contributed by atoms with Crippen LogP contribution >= 0.6 is 0 Å². The molecule has 20 heavy (non-hydrogen) atoms. The summed E-state index contributed by atoms with van der Waals surface area (Å²) in [6.07, 6.45) is 7.34. The van der Waals surface area contributed by atoms with Crippen LogP contribution in [0.1, 0.15) is 23.6 Å². The molecule has 0 aliphatic heterocycles. The van der Waals surface area contributed by atoms with Gasteiger partial charge in [0.2, 0.25) is 0 Å². The van der Waals surface area contributed by atoms with E-state index >= 15 is 0 Å². The Hall–Kier alpha value is -2.26. The van der Waals surface area contributed by atoms with Crippen LogP contribution in [0.2, 0.25) is 0 Å². The molecule has 0 saturated heterocycles. The molecule has 3 heteroatoms. The molecule has 100 valence electrons. The van der Waals surface area contributed by atoms with Crippen LogP contribution in [0.25, 0.3) is 10.9 Å². The molecule has 0 fully saturated rings. The molecule has 2 aromatic heterocycles. The lowest BCUT2D eigenvalue weighted by Crippen LogP contribution is -2.11. The highest BCUT2D eigenvalue weighted by molar-refractivity contribution is 5.78. The maximum absolute atomic E-state index is 6.29. The highest BCUT2D eigenvalue weighted by Gasteiger charge is 2.07. The molecule has 2 heterocycles. The highest BCUT2D eigenvalue weighted by Crippen LogP contribution is 2.20. The minimum Gasteiger partial charge on any atom is -0.324 e. The van der Waals surface area contributed by atoms with E-state index in [1.807, 2.05) is 36.8 Å². The van der Waals surface area contributed by atoms with Gasteiger partial charge in [0.25, 0.3) is 0 Å². The molecule has 3 nitrogen and oxygen atoms in total. The summed E-state index contributed by atoms with van der Waals surface area (Å²) in [5.41, 5.74) is 9.71. The van der Waals surface area contributed by atoms with Gasteiger partial charge < -0.3 is 5.73 Å². The Morgan fingerprint density at radius 2 is 1.85 bits per heavy atom. The molecule has 3 rings (SSSR count). The summed E-state index contributed by atoms with van der Waals surface area (Å²) in [6, 6.07) is 14.4. The molecule has 3 aromatic rings. The molecule has 0 radical (unpaired) electrons. The topological polar surface area (TPSA) is 51.8 Å². The molecule has 1 atom stereocenters. The molecule has 0 aliphatic carbocycles. The Bertz CT molecular complexity index is 695. The van der Waals surface area contributed by atoms with E-state index in [9.17, 15) is 0 Å². The van der Waals surface area contributed by atoms with Crippen molar-refractivity contribution in [2.45, 2.75) is 18.9 Å². The Morgan fingerprint density at radius 1 is 1.00 bits per heavy atom. The van der Waals surface area contributed by atoms with Crippen molar-refractivity contribution in [3.8, 4) is 0 Å². The van der Waals surface area contributed by atoms with Gasteiger partial charge in [-0.1, -0.05) is 18.2 Å². The zero-order valence-corrected chi connectivity index (χ0v) is 11.2. The second kappa shape index (κ2) is 5.80. The first kappa shape index (κ1) is 12.8. The van der Waals surface area contributed by atoms with Gasteiger partial charge in [0, 0.05) is 30.0 Å². The third kappa shape index (κ3) is 2.83. The van der Waals surface area contributed by atoms with Gasteiger partial charge in [0.15, 0.2) is 0 Å². The molecular weight excluding hydrogens is 246 g/mol. The van der Waals surface area contributed by atoms with Gasteiger partial charge in [-0.15, -0.1) is 0 Å². The van der Waals surface area contributed by atoms with E-state index in [1.165, 1.54) is 5.56 Å².